The van der Waals surface area contributed by atoms with Crippen molar-refractivity contribution in [1.29, 1.82) is 0 Å². The van der Waals surface area contributed by atoms with Crippen molar-refractivity contribution in [2.75, 3.05) is 0 Å². The van der Waals surface area contributed by atoms with E-state index in [1.165, 1.54) is 6.92 Å². The van der Waals surface area contributed by atoms with Gasteiger partial charge in [-0.25, -0.2) is 8.78 Å². The monoisotopic (exact) mass is 224 g/mol. The normalized spacial score (nSPS) is 10.2. The Kier molecular flexibility index (Phi) is 2.88. The maximum Gasteiger partial charge on any atom is 0.254 e. The Bertz CT molecular complexity index is 377. The molecule has 0 aliphatic carbocycles. The van der Waals surface area contributed by atoms with Gasteiger partial charge in [-0.2, -0.15) is 0 Å². The van der Waals surface area contributed by atoms with E-state index < -0.39 is 16.9 Å². The summed E-state index contributed by atoms with van der Waals surface area (Å²) in [5.41, 5.74) is -0.342. The Morgan fingerprint density at radius 3 is 2.46 bits per heavy atom. The van der Waals surface area contributed by atoms with E-state index in [1.807, 2.05) is 0 Å². The third-order valence-electron chi connectivity index (χ3n) is 1.59. The third kappa shape index (κ3) is 1.81. The van der Waals surface area contributed by atoms with Gasteiger partial charge in [0.2, 0.25) is 0 Å². The highest BCUT2D eigenvalue weighted by atomic mass is 35.5. The van der Waals surface area contributed by atoms with Crippen molar-refractivity contribution in [3.05, 3.63) is 33.9 Å². The summed E-state index contributed by atoms with van der Waals surface area (Å²) in [6.07, 6.45) is 0. The average molecular weight is 225 g/mol. The molecule has 13 heavy (non-hydrogen) atoms. The van der Waals surface area contributed by atoms with Crippen molar-refractivity contribution in [1.82, 2.24) is 0 Å². The summed E-state index contributed by atoms with van der Waals surface area (Å²) in [5, 5.41) is -1.06. The summed E-state index contributed by atoms with van der Waals surface area (Å²) >= 11 is 10.6. The molecule has 0 atom stereocenters. The minimum Gasteiger partial charge on any atom is -0.276 e. The highest BCUT2D eigenvalue weighted by Crippen LogP contribution is 2.26. The van der Waals surface area contributed by atoms with Gasteiger partial charge < -0.3 is 0 Å². The lowest BCUT2D eigenvalue weighted by Crippen LogP contribution is -1.98. The second-order valence-electron chi connectivity index (χ2n) is 2.43. The van der Waals surface area contributed by atoms with E-state index >= 15 is 0 Å². The fraction of sp³-hybridized carbons (Fsp3) is 0.125. The summed E-state index contributed by atoms with van der Waals surface area (Å²) in [6, 6.07) is 0.681. The van der Waals surface area contributed by atoms with Gasteiger partial charge in [-0.1, -0.05) is 11.6 Å². The zero-order valence-corrected chi connectivity index (χ0v) is 8.01. The topological polar surface area (TPSA) is 17.1 Å². The van der Waals surface area contributed by atoms with Crippen LogP contribution in [0.5, 0.6) is 0 Å². The predicted molar refractivity (Wildman–Crippen MR) is 46.3 cm³/mol. The second-order valence-corrected chi connectivity index (χ2v) is 3.15. The van der Waals surface area contributed by atoms with Gasteiger partial charge in [0.05, 0.1) is 10.6 Å². The molecule has 70 valence electrons. The Morgan fingerprint density at radius 1 is 1.46 bits per heavy atom. The molecule has 0 radical (unpaired) electrons. The van der Waals surface area contributed by atoms with Crippen LogP contribution in [0.1, 0.15) is 15.9 Å². The fourth-order valence-corrected chi connectivity index (χ4v) is 1.29. The predicted octanol–water partition coefficient (Wildman–Crippen LogP) is 3.31. The van der Waals surface area contributed by atoms with E-state index in [4.69, 9.17) is 23.2 Å². The second kappa shape index (κ2) is 3.60. The molecule has 0 N–H and O–H groups in total. The van der Waals surface area contributed by atoms with Crippen LogP contribution in [0.15, 0.2) is 6.07 Å². The molecule has 1 nitrogen and oxygen atoms in total. The molecule has 1 rings (SSSR count). The standard InChI is InChI=1S/C8H4Cl2F2O/c1-3-6(9)4(8(10)13)2-5(11)7(3)12/h2H,1H3. The van der Waals surface area contributed by atoms with Crippen molar-refractivity contribution in [3.8, 4) is 0 Å². The lowest BCUT2D eigenvalue weighted by atomic mass is 10.1. The van der Waals surface area contributed by atoms with Gasteiger partial charge in [0.1, 0.15) is 0 Å². The van der Waals surface area contributed by atoms with Gasteiger partial charge in [0, 0.05) is 5.56 Å². The maximum atomic E-state index is 12.8. The third-order valence-corrected chi connectivity index (χ3v) is 2.28. The summed E-state index contributed by atoms with van der Waals surface area (Å²) in [7, 11) is 0. The van der Waals surface area contributed by atoms with E-state index in [2.05, 4.69) is 0 Å². The van der Waals surface area contributed by atoms with Crippen LogP contribution in [0.4, 0.5) is 8.78 Å². The van der Waals surface area contributed by atoms with Crippen molar-refractivity contribution < 1.29 is 13.6 Å². The Labute approximate surface area is 83.3 Å². The number of hydrogen-bond acceptors (Lipinski definition) is 1. The van der Waals surface area contributed by atoms with E-state index in [0.717, 1.165) is 0 Å². The van der Waals surface area contributed by atoms with Crippen LogP contribution in [0.2, 0.25) is 5.02 Å². The highest BCUT2D eigenvalue weighted by Gasteiger charge is 2.17. The van der Waals surface area contributed by atoms with Gasteiger partial charge in [0.15, 0.2) is 11.6 Å². The summed E-state index contributed by atoms with van der Waals surface area (Å²) in [5.74, 6) is -2.20. The van der Waals surface area contributed by atoms with E-state index in [-0.39, 0.29) is 16.1 Å². The number of carbonyl (C=O) groups excluding carboxylic acids is 1. The molecule has 0 amide bonds. The average Bonchev–Trinajstić information content (AvgIpc) is 2.07. The lowest BCUT2D eigenvalue weighted by Gasteiger charge is -2.04. The molecule has 0 fully saturated rings. The molecule has 0 aliphatic rings. The van der Waals surface area contributed by atoms with Crippen LogP contribution in [0, 0.1) is 18.6 Å². The van der Waals surface area contributed by atoms with Crippen LogP contribution in [-0.2, 0) is 0 Å². The number of halogens is 4. The minimum absolute atomic E-state index is 0.120. The van der Waals surface area contributed by atoms with Crippen LogP contribution in [0.25, 0.3) is 0 Å². The molecule has 0 aliphatic heterocycles. The summed E-state index contributed by atoms with van der Waals surface area (Å²) in [6.45, 7) is 1.27. The Hall–Kier alpha value is -0.670. The lowest BCUT2D eigenvalue weighted by molar-refractivity contribution is 0.108. The molecule has 0 saturated heterocycles. The van der Waals surface area contributed by atoms with Crippen molar-refractivity contribution in [2.45, 2.75) is 6.92 Å². The molecule has 0 saturated carbocycles. The molecular weight excluding hydrogens is 221 g/mol. The van der Waals surface area contributed by atoms with Crippen molar-refractivity contribution in [2.24, 2.45) is 0 Å². The Balaban J connectivity index is 3.50. The number of hydrogen-bond donors (Lipinski definition) is 0. The van der Waals surface area contributed by atoms with E-state index in [1.54, 1.807) is 0 Å². The van der Waals surface area contributed by atoms with Gasteiger partial charge in [-0.15, -0.1) is 0 Å². The Morgan fingerprint density at radius 2 is 2.00 bits per heavy atom. The first-order valence-electron chi connectivity index (χ1n) is 3.29. The number of carbonyl (C=O) groups is 1. The van der Waals surface area contributed by atoms with Crippen LogP contribution in [-0.4, -0.2) is 5.24 Å². The smallest absolute Gasteiger partial charge is 0.254 e. The quantitative estimate of drug-likeness (QED) is 0.529. The molecule has 0 heterocycles. The van der Waals surface area contributed by atoms with E-state index in [0.29, 0.717) is 6.07 Å². The number of benzene rings is 1. The number of rotatable bonds is 1. The molecular formula is C8H4Cl2F2O. The molecule has 5 heteroatoms. The van der Waals surface area contributed by atoms with Crippen molar-refractivity contribution >= 4 is 28.4 Å². The molecule has 0 spiro atoms. The first-order chi connectivity index (χ1) is 5.95. The molecule has 0 unspecified atom stereocenters. The van der Waals surface area contributed by atoms with Crippen LogP contribution >= 0.6 is 23.2 Å². The SMILES string of the molecule is Cc1c(F)c(F)cc(C(=O)Cl)c1Cl. The molecule has 1 aromatic carbocycles. The van der Waals surface area contributed by atoms with Gasteiger partial charge in [-0.05, 0) is 24.6 Å². The largest absolute Gasteiger partial charge is 0.276 e. The first-order valence-corrected chi connectivity index (χ1v) is 4.04. The minimum atomic E-state index is -1.13. The fourth-order valence-electron chi connectivity index (χ4n) is 0.874. The summed E-state index contributed by atoms with van der Waals surface area (Å²) in [4.78, 5) is 10.7. The highest BCUT2D eigenvalue weighted by molar-refractivity contribution is 6.68. The summed E-state index contributed by atoms with van der Waals surface area (Å²) < 4.78 is 25.6. The maximum absolute atomic E-state index is 12.8. The zero-order chi connectivity index (χ0) is 10.2. The van der Waals surface area contributed by atoms with Crippen LogP contribution < -0.4 is 0 Å². The molecule has 0 aromatic heterocycles. The van der Waals surface area contributed by atoms with Crippen molar-refractivity contribution in [3.63, 3.8) is 0 Å². The van der Waals surface area contributed by atoms with Gasteiger partial charge >= 0.3 is 0 Å². The molecule has 0 bridgehead atoms. The van der Waals surface area contributed by atoms with Gasteiger partial charge in [0.25, 0.3) is 5.24 Å². The van der Waals surface area contributed by atoms with E-state index in [9.17, 15) is 13.6 Å². The zero-order valence-electron chi connectivity index (χ0n) is 6.50. The molecule has 1 aromatic rings. The first kappa shape index (κ1) is 10.4. The van der Waals surface area contributed by atoms with Crippen LogP contribution in [0.3, 0.4) is 0 Å². The van der Waals surface area contributed by atoms with Gasteiger partial charge in [-0.3, -0.25) is 4.79 Å².